The van der Waals surface area contributed by atoms with Crippen LogP contribution < -0.4 is 14.9 Å². The molecule has 0 radical (unpaired) electrons. The van der Waals surface area contributed by atoms with Gasteiger partial charge in [-0.3, -0.25) is 9.36 Å². The molecule has 6 heteroatoms. The number of esters is 1. The van der Waals surface area contributed by atoms with Gasteiger partial charge in [-0.05, 0) is 44.9 Å². The summed E-state index contributed by atoms with van der Waals surface area (Å²) in [6.45, 7) is 7.85. The Bertz CT molecular complexity index is 1360. The Morgan fingerprint density at radius 3 is 2.55 bits per heavy atom. The lowest BCUT2D eigenvalue weighted by molar-refractivity contribution is -0.139. The van der Waals surface area contributed by atoms with Gasteiger partial charge in [0.25, 0.3) is 5.56 Å². The molecule has 2 aromatic carbocycles. The number of rotatable bonds is 4. The van der Waals surface area contributed by atoms with Crippen molar-refractivity contribution in [3.05, 3.63) is 102 Å². The van der Waals surface area contributed by atoms with Gasteiger partial charge in [0.15, 0.2) is 4.80 Å². The van der Waals surface area contributed by atoms with Gasteiger partial charge in [-0.2, -0.15) is 0 Å². The number of aryl methyl sites for hydroxylation is 2. The molecule has 0 fully saturated rings. The first kappa shape index (κ1) is 21.0. The van der Waals surface area contributed by atoms with Crippen LogP contribution in [-0.4, -0.2) is 17.1 Å². The summed E-state index contributed by atoms with van der Waals surface area (Å²) in [5, 5.41) is 0. The van der Waals surface area contributed by atoms with Crippen LogP contribution in [0.5, 0.6) is 0 Å². The molecule has 1 atom stereocenters. The highest BCUT2D eigenvalue weighted by Gasteiger charge is 2.33. The van der Waals surface area contributed by atoms with Crippen LogP contribution in [0, 0.1) is 13.8 Å². The molecule has 0 saturated heterocycles. The molecular weight excluding hydrogens is 408 g/mol. The molecule has 0 spiro atoms. The number of carbonyl (C=O) groups is 1. The molecule has 31 heavy (non-hydrogen) atoms. The second kappa shape index (κ2) is 8.47. The predicted molar refractivity (Wildman–Crippen MR) is 123 cm³/mol. The van der Waals surface area contributed by atoms with Crippen LogP contribution in [0.2, 0.25) is 0 Å². The fourth-order valence-electron chi connectivity index (χ4n) is 3.77. The number of aromatic nitrogens is 1. The first-order valence-electron chi connectivity index (χ1n) is 10.2. The van der Waals surface area contributed by atoms with Crippen molar-refractivity contribution >= 4 is 23.4 Å². The molecule has 0 N–H and O–H groups in total. The minimum absolute atomic E-state index is 0.162. The van der Waals surface area contributed by atoms with Crippen molar-refractivity contribution in [1.29, 1.82) is 0 Å². The number of allylic oxidation sites excluding steroid dienone is 1. The van der Waals surface area contributed by atoms with Crippen molar-refractivity contribution in [2.24, 2.45) is 4.99 Å². The summed E-state index contributed by atoms with van der Waals surface area (Å²) in [5.74, 6) is -0.442. The maximum atomic E-state index is 13.5. The van der Waals surface area contributed by atoms with Crippen molar-refractivity contribution in [1.82, 2.24) is 4.57 Å². The Morgan fingerprint density at radius 1 is 1.13 bits per heavy atom. The van der Waals surface area contributed by atoms with Crippen LogP contribution in [0.25, 0.3) is 6.08 Å². The van der Waals surface area contributed by atoms with Crippen molar-refractivity contribution < 1.29 is 9.53 Å². The number of hydrogen-bond acceptors (Lipinski definition) is 5. The Hall–Kier alpha value is -3.25. The first-order chi connectivity index (χ1) is 14.9. The van der Waals surface area contributed by atoms with Gasteiger partial charge in [-0.1, -0.05) is 71.0 Å². The minimum Gasteiger partial charge on any atom is -0.463 e. The molecule has 4 rings (SSSR count). The second-order valence-corrected chi connectivity index (χ2v) is 8.64. The maximum Gasteiger partial charge on any atom is 0.338 e. The summed E-state index contributed by atoms with van der Waals surface area (Å²) in [7, 11) is 0. The number of benzene rings is 2. The van der Waals surface area contributed by atoms with Crippen LogP contribution >= 0.6 is 11.3 Å². The zero-order valence-corrected chi connectivity index (χ0v) is 18.8. The second-order valence-electron chi connectivity index (χ2n) is 7.63. The average molecular weight is 433 g/mol. The lowest BCUT2D eigenvalue weighted by atomic mass is 9.95. The molecule has 1 aliphatic heterocycles. The molecule has 158 valence electrons. The highest BCUT2D eigenvalue weighted by Crippen LogP contribution is 2.30. The molecular formula is C25H24N2O3S. The zero-order chi connectivity index (χ0) is 22.1. The number of thiazole rings is 1. The van der Waals surface area contributed by atoms with E-state index < -0.39 is 12.0 Å². The summed E-state index contributed by atoms with van der Waals surface area (Å²) in [6, 6.07) is 15.3. The van der Waals surface area contributed by atoms with Crippen LogP contribution in [0.3, 0.4) is 0 Å². The van der Waals surface area contributed by atoms with Gasteiger partial charge >= 0.3 is 5.97 Å². The molecule has 1 aliphatic rings. The van der Waals surface area contributed by atoms with Crippen molar-refractivity contribution in [2.45, 2.75) is 33.7 Å². The maximum absolute atomic E-state index is 13.5. The topological polar surface area (TPSA) is 60.7 Å². The molecule has 3 aromatic rings. The minimum atomic E-state index is -0.574. The van der Waals surface area contributed by atoms with E-state index in [0.29, 0.717) is 20.6 Å². The Kier molecular flexibility index (Phi) is 5.74. The van der Waals surface area contributed by atoms with E-state index in [0.717, 1.165) is 22.3 Å². The number of nitrogens with zero attached hydrogens (tertiary/aromatic N) is 2. The van der Waals surface area contributed by atoms with Crippen LogP contribution in [0.4, 0.5) is 0 Å². The molecule has 0 amide bonds. The molecule has 1 aromatic heterocycles. The zero-order valence-electron chi connectivity index (χ0n) is 18.0. The normalized spacial score (nSPS) is 16.1. The lowest BCUT2D eigenvalue weighted by Crippen LogP contribution is -2.39. The lowest BCUT2D eigenvalue weighted by Gasteiger charge is -2.24. The van der Waals surface area contributed by atoms with Crippen LogP contribution in [-0.2, 0) is 9.53 Å². The molecule has 2 heterocycles. The van der Waals surface area contributed by atoms with E-state index in [1.807, 2.05) is 68.5 Å². The Balaban J connectivity index is 1.96. The standard InChI is InChI=1S/C25H24N2O3S/c1-5-30-24(29)21-17(4)26-25-27(22(21)19-11-9-15(2)10-12-19)23(28)20(31-25)14-18-8-6-7-16(3)13-18/h6-14,22H,5H2,1-4H3/b20-14+/t22-/m1/s1. The smallest absolute Gasteiger partial charge is 0.338 e. The number of carbonyl (C=O) groups excluding carboxylic acids is 1. The average Bonchev–Trinajstić information content (AvgIpc) is 3.02. The summed E-state index contributed by atoms with van der Waals surface area (Å²) in [6.07, 6.45) is 1.88. The molecule has 0 bridgehead atoms. The van der Waals surface area contributed by atoms with Crippen molar-refractivity contribution in [2.75, 3.05) is 6.61 Å². The van der Waals surface area contributed by atoms with Crippen molar-refractivity contribution in [3.63, 3.8) is 0 Å². The van der Waals surface area contributed by atoms with Crippen LogP contribution in [0.1, 0.15) is 42.1 Å². The van der Waals surface area contributed by atoms with E-state index in [9.17, 15) is 9.59 Å². The van der Waals surface area contributed by atoms with Gasteiger partial charge < -0.3 is 4.74 Å². The summed E-state index contributed by atoms with van der Waals surface area (Å²) >= 11 is 1.34. The van der Waals surface area contributed by atoms with E-state index in [1.54, 1.807) is 18.4 Å². The third-order valence-electron chi connectivity index (χ3n) is 5.25. The number of hydrogen-bond donors (Lipinski definition) is 0. The van der Waals surface area contributed by atoms with Gasteiger partial charge in [0.2, 0.25) is 0 Å². The van der Waals surface area contributed by atoms with Gasteiger partial charge in [0.1, 0.15) is 0 Å². The first-order valence-corrected chi connectivity index (χ1v) is 11.0. The molecule has 0 aliphatic carbocycles. The highest BCUT2D eigenvalue weighted by molar-refractivity contribution is 7.07. The number of fused-ring (bicyclic) bond motifs is 1. The predicted octanol–water partition coefficient (Wildman–Crippen LogP) is 3.42. The number of ether oxygens (including phenoxy) is 1. The highest BCUT2D eigenvalue weighted by atomic mass is 32.1. The van der Waals surface area contributed by atoms with Crippen LogP contribution in [0.15, 0.2) is 69.6 Å². The third kappa shape index (κ3) is 4.03. The monoisotopic (exact) mass is 432 g/mol. The largest absolute Gasteiger partial charge is 0.463 e. The molecule has 0 unspecified atom stereocenters. The Labute approximate surface area is 184 Å². The van der Waals surface area contributed by atoms with E-state index in [-0.39, 0.29) is 12.2 Å². The molecule has 5 nitrogen and oxygen atoms in total. The summed E-state index contributed by atoms with van der Waals surface area (Å²) in [5.41, 5.74) is 4.86. The van der Waals surface area contributed by atoms with E-state index in [2.05, 4.69) is 4.99 Å². The van der Waals surface area contributed by atoms with E-state index in [1.165, 1.54) is 11.3 Å². The van der Waals surface area contributed by atoms with Gasteiger partial charge in [0.05, 0.1) is 28.5 Å². The van der Waals surface area contributed by atoms with Gasteiger partial charge in [-0.25, -0.2) is 9.79 Å². The summed E-state index contributed by atoms with van der Waals surface area (Å²) < 4.78 is 7.53. The SMILES string of the molecule is CCOC(=O)C1=C(C)N=c2s/c(=C/c3cccc(C)c3)c(=O)n2[C@@H]1c1ccc(C)cc1. The van der Waals surface area contributed by atoms with E-state index >= 15 is 0 Å². The fourth-order valence-corrected chi connectivity index (χ4v) is 4.81. The Morgan fingerprint density at radius 2 is 1.87 bits per heavy atom. The quantitative estimate of drug-likeness (QED) is 0.594. The summed E-state index contributed by atoms with van der Waals surface area (Å²) in [4.78, 5) is 31.5. The fraction of sp³-hybridized carbons (Fsp3) is 0.240. The van der Waals surface area contributed by atoms with E-state index in [4.69, 9.17) is 4.74 Å². The third-order valence-corrected chi connectivity index (χ3v) is 6.23. The van der Waals surface area contributed by atoms with Gasteiger partial charge in [-0.15, -0.1) is 0 Å². The van der Waals surface area contributed by atoms with Crippen molar-refractivity contribution in [3.8, 4) is 0 Å². The van der Waals surface area contributed by atoms with Gasteiger partial charge in [0, 0.05) is 0 Å². The molecule has 0 saturated carbocycles.